The molecule has 0 spiro atoms. The number of carbonyl (C=O) groups is 1. The molecule has 2 rings (SSSR count). The van der Waals surface area contributed by atoms with Crippen LogP contribution in [0.2, 0.25) is 0 Å². The van der Waals surface area contributed by atoms with Crippen molar-refractivity contribution in [1.82, 2.24) is 0 Å². The van der Waals surface area contributed by atoms with E-state index in [1.165, 1.54) is 18.1 Å². The van der Waals surface area contributed by atoms with Crippen molar-refractivity contribution in [1.29, 1.82) is 0 Å². The van der Waals surface area contributed by atoms with E-state index in [0.29, 0.717) is 12.4 Å². The van der Waals surface area contributed by atoms with Gasteiger partial charge in [0.2, 0.25) is 0 Å². The standard InChI is InChI=1S/C15H16O4S/c1-3-10-7-8-11(20-10)9-19-14-12(15(16)17)5-4-6-13(14)18-2/h4-8H,3,9H2,1-2H3,(H,16,17). The summed E-state index contributed by atoms with van der Waals surface area (Å²) in [6.45, 7) is 2.44. The largest absolute Gasteiger partial charge is 0.493 e. The summed E-state index contributed by atoms with van der Waals surface area (Å²) in [6.07, 6.45) is 0.986. The number of para-hydroxylation sites is 1. The first-order valence-corrected chi connectivity index (χ1v) is 7.08. The second kappa shape index (κ2) is 6.43. The summed E-state index contributed by atoms with van der Waals surface area (Å²) < 4.78 is 10.8. The van der Waals surface area contributed by atoms with E-state index < -0.39 is 5.97 Å². The number of aromatic carboxylic acids is 1. The summed E-state index contributed by atoms with van der Waals surface area (Å²) in [5, 5.41) is 9.19. The molecule has 2 aromatic rings. The highest BCUT2D eigenvalue weighted by molar-refractivity contribution is 7.11. The topological polar surface area (TPSA) is 55.8 Å². The number of carboxylic acids is 1. The molecule has 106 valence electrons. The highest BCUT2D eigenvalue weighted by Gasteiger charge is 2.16. The summed E-state index contributed by atoms with van der Waals surface area (Å²) in [6, 6.07) is 8.89. The van der Waals surface area contributed by atoms with Gasteiger partial charge >= 0.3 is 5.97 Å². The third kappa shape index (κ3) is 3.11. The first-order chi connectivity index (χ1) is 9.65. The lowest BCUT2D eigenvalue weighted by Gasteiger charge is -2.12. The minimum absolute atomic E-state index is 0.108. The van der Waals surface area contributed by atoms with E-state index in [0.717, 1.165) is 11.3 Å². The van der Waals surface area contributed by atoms with Crippen molar-refractivity contribution < 1.29 is 19.4 Å². The molecule has 1 N–H and O–H groups in total. The SMILES string of the molecule is CCc1ccc(COc2c(OC)cccc2C(=O)O)s1. The van der Waals surface area contributed by atoms with Crippen molar-refractivity contribution >= 4 is 17.3 Å². The molecule has 0 bridgehead atoms. The second-order valence-corrected chi connectivity index (χ2v) is 5.41. The van der Waals surface area contributed by atoms with Crippen LogP contribution >= 0.6 is 11.3 Å². The van der Waals surface area contributed by atoms with Crippen LogP contribution in [0.15, 0.2) is 30.3 Å². The predicted molar refractivity (Wildman–Crippen MR) is 78.0 cm³/mol. The first-order valence-electron chi connectivity index (χ1n) is 6.26. The third-order valence-corrected chi connectivity index (χ3v) is 4.06. The molecule has 0 amide bonds. The van der Waals surface area contributed by atoms with E-state index in [9.17, 15) is 9.90 Å². The zero-order valence-corrected chi connectivity index (χ0v) is 12.2. The average Bonchev–Trinajstić information content (AvgIpc) is 2.92. The number of benzene rings is 1. The molecule has 5 heteroatoms. The van der Waals surface area contributed by atoms with Crippen LogP contribution in [0.5, 0.6) is 11.5 Å². The zero-order chi connectivity index (χ0) is 14.5. The van der Waals surface area contributed by atoms with E-state index in [4.69, 9.17) is 9.47 Å². The minimum Gasteiger partial charge on any atom is -0.493 e. The fraction of sp³-hybridized carbons (Fsp3) is 0.267. The molecule has 0 aliphatic carbocycles. The van der Waals surface area contributed by atoms with Gasteiger partial charge in [0.15, 0.2) is 11.5 Å². The van der Waals surface area contributed by atoms with Crippen molar-refractivity contribution in [3.63, 3.8) is 0 Å². The Kier molecular flexibility index (Phi) is 4.63. The van der Waals surface area contributed by atoms with Crippen molar-refractivity contribution in [2.24, 2.45) is 0 Å². The van der Waals surface area contributed by atoms with Crippen molar-refractivity contribution in [2.75, 3.05) is 7.11 Å². The summed E-state index contributed by atoms with van der Waals surface area (Å²) in [7, 11) is 1.49. The molecule has 20 heavy (non-hydrogen) atoms. The Labute approximate surface area is 121 Å². The molecule has 0 aliphatic heterocycles. The van der Waals surface area contributed by atoms with Gasteiger partial charge in [-0.3, -0.25) is 0 Å². The Morgan fingerprint density at radius 2 is 2.00 bits per heavy atom. The lowest BCUT2D eigenvalue weighted by Crippen LogP contribution is -2.04. The monoisotopic (exact) mass is 292 g/mol. The Bertz CT molecular complexity index is 604. The van der Waals surface area contributed by atoms with E-state index >= 15 is 0 Å². The van der Waals surface area contributed by atoms with Crippen LogP contribution in [0.1, 0.15) is 27.0 Å². The van der Waals surface area contributed by atoms with Gasteiger partial charge in [-0.2, -0.15) is 0 Å². The highest BCUT2D eigenvalue weighted by Crippen LogP contribution is 2.32. The van der Waals surface area contributed by atoms with Crippen LogP contribution in [0.4, 0.5) is 0 Å². The van der Waals surface area contributed by atoms with Gasteiger partial charge in [-0.15, -0.1) is 11.3 Å². The lowest BCUT2D eigenvalue weighted by molar-refractivity contribution is 0.0691. The maximum absolute atomic E-state index is 11.2. The Morgan fingerprint density at radius 1 is 1.25 bits per heavy atom. The van der Waals surface area contributed by atoms with Crippen LogP contribution < -0.4 is 9.47 Å². The summed E-state index contributed by atoms with van der Waals surface area (Å²) in [5.74, 6) is -0.328. The lowest BCUT2D eigenvalue weighted by atomic mass is 10.2. The molecule has 0 fully saturated rings. The molecule has 4 nitrogen and oxygen atoms in total. The zero-order valence-electron chi connectivity index (χ0n) is 11.4. The van der Waals surface area contributed by atoms with E-state index in [-0.39, 0.29) is 11.3 Å². The van der Waals surface area contributed by atoms with Crippen LogP contribution in [0.25, 0.3) is 0 Å². The van der Waals surface area contributed by atoms with Gasteiger partial charge in [0, 0.05) is 9.75 Å². The van der Waals surface area contributed by atoms with Crippen molar-refractivity contribution in [2.45, 2.75) is 20.0 Å². The molecular weight excluding hydrogens is 276 g/mol. The molecule has 1 aromatic heterocycles. The Hall–Kier alpha value is -2.01. The maximum atomic E-state index is 11.2. The number of hydrogen-bond donors (Lipinski definition) is 1. The number of ether oxygens (including phenoxy) is 2. The van der Waals surface area contributed by atoms with E-state index in [2.05, 4.69) is 13.0 Å². The number of thiophene rings is 1. The number of rotatable bonds is 6. The molecule has 0 radical (unpaired) electrons. The molecule has 1 aromatic carbocycles. The van der Waals surface area contributed by atoms with Gasteiger partial charge < -0.3 is 14.6 Å². The molecule has 0 unspecified atom stereocenters. The fourth-order valence-electron chi connectivity index (χ4n) is 1.83. The van der Waals surface area contributed by atoms with Gasteiger partial charge in [0.25, 0.3) is 0 Å². The minimum atomic E-state index is -1.03. The maximum Gasteiger partial charge on any atom is 0.339 e. The molecule has 0 aliphatic rings. The molecular formula is C15H16O4S. The third-order valence-electron chi connectivity index (χ3n) is 2.85. The van der Waals surface area contributed by atoms with Gasteiger partial charge in [-0.25, -0.2) is 4.79 Å². The van der Waals surface area contributed by atoms with E-state index in [1.54, 1.807) is 23.5 Å². The van der Waals surface area contributed by atoms with Gasteiger partial charge in [0.1, 0.15) is 12.2 Å². The molecule has 1 heterocycles. The van der Waals surface area contributed by atoms with Gasteiger partial charge in [-0.05, 0) is 30.7 Å². The smallest absolute Gasteiger partial charge is 0.339 e. The van der Waals surface area contributed by atoms with Crippen LogP contribution in [-0.4, -0.2) is 18.2 Å². The Morgan fingerprint density at radius 3 is 2.60 bits per heavy atom. The number of aryl methyl sites for hydroxylation is 1. The quantitative estimate of drug-likeness (QED) is 0.884. The molecule has 0 saturated heterocycles. The summed E-state index contributed by atoms with van der Waals surface area (Å²) >= 11 is 1.67. The van der Waals surface area contributed by atoms with Crippen molar-refractivity contribution in [3.05, 3.63) is 45.6 Å². The van der Waals surface area contributed by atoms with Crippen LogP contribution in [0.3, 0.4) is 0 Å². The van der Waals surface area contributed by atoms with Gasteiger partial charge in [0.05, 0.1) is 7.11 Å². The normalized spacial score (nSPS) is 10.3. The number of methoxy groups -OCH3 is 1. The second-order valence-electron chi connectivity index (χ2n) is 4.15. The number of carboxylic acid groups (broad SMARTS) is 1. The van der Waals surface area contributed by atoms with Crippen LogP contribution in [-0.2, 0) is 13.0 Å². The van der Waals surface area contributed by atoms with Gasteiger partial charge in [-0.1, -0.05) is 13.0 Å². The fourth-order valence-corrected chi connectivity index (χ4v) is 2.70. The molecule has 0 atom stereocenters. The average molecular weight is 292 g/mol. The van der Waals surface area contributed by atoms with Crippen molar-refractivity contribution in [3.8, 4) is 11.5 Å². The molecule has 0 saturated carbocycles. The first kappa shape index (κ1) is 14.4. The summed E-state index contributed by atoms with van der Waals surface area (Å²) in [5.41, 5.74) is 0.108. The number of hydrogen-bond acceptors (Lipinski definition) is 4. The summed E-state index contributed by atoms with van der Waals surface area (Å²) in [4.78, 5) is 13.6. The predicted octanol–water partition coefficient (Wildman–Crippen LogP) is 3.60. The highest BCUT2D eigenvalue weighted by atomic mass is 32.1. The van der Waals surface area contributed by atoms with Crippen LogP contribution in [0, 0.1) is 0 Å². The van der Waals surface area contributed by atoms with E-state index in [1.807, 2.05) is 6.07 Å². The Balaban J connectivity index is 2.21.